The van der Waals surface area contributed by atoms with E-state index in [4.69, 9.17) is 0 Å². The standard InChI is InChI=1S/C15H19F2NO2/c1-10(11-6-4-3-5-7-11)18-9-8-12(14(18)20)13(19)15(2,16)17/h3-7,10,12-13,19H,8-9H2,1-2H3/t10-,12?,13?/m1/s1. The molecule has 3 nitrogen and oxygen atoms in total. The average molecular weight is 283 g/mol. The average Bonchev–Trinajstić information content (AvgIpc) is 2.78. The van der Waals surface area contributed by atoms with Gasteiger partial charge in [0.2, 0.25) is 5.91 Å². The van der Waals surface area contributed by atoms with Gasteiger partial charge in [0.15, 0.2) is 0 Å². The summed E-state index contributed by atoms with van der Waals surface area (Å²) in [6.07, 6.45) is -1.65. The van der Waals surface area contributed by atoms with Crippen molar-refractivity contribution in [2.75, 3.05) is 6.54 Å². The van der Waals surface area contributed by atoms with Crippen LogP contribution in [0.15, 0.2) is 30.3 Å². The van der Waals surface area contributed by atoms with Crippen molar-refractivity contribution in [2.45, 2.75) is 38.3 Å². The zero-order chi connectivity index (χ0) is 14.9. The number of rotatable bonds is 4. The van der Waals surface area contributed by atoms with Gasteiger partial charge in [-0.1, -0.05) is 30.3 Å². The third kappa shape index (κ3) is 2.82. The van der Waals surface area contributed by atoms with Crippen LogP contribution in [-0.2, 0) is 4.79 Å². The van der Waals surface area contributed by atoms with Gasteiger partial charge in [0.05, 0.1) is 12.0 Å². The molecule has 3 atom stereocenters. The molecular formula is C15H19F2NO2. The number of likely N-dealkylation sites (tertiary alicyclic amines) is 1. The predicted octanol–water partition coefficient (Wildman–Crippen LogP) is 2.61. The molecule has 0 aliphatic carbocycles. The van der Waals surface area contributed by atoms with Crippen LogP contribution in [0.25, 0.3) is 0 Å². The Morgan fingerprint density at radius 1 is 1.35 bits per heavy atom. The van der Waals surface area contributed by atoms with Crippen LogP contribution in [-0.4, -0.2) is 34.5 Å². The molecule has 20 heavy (non-hydrogen) atoms. The van der Waals surface area contributed by atoms with Gasteiger partial charge in [-0.25, -0.2) is 8.78 Å². The Kier molecular flexibility index (Phi) is 4.09. The minimum absolute atomic E-state index is 0.175. The van der Waals surface area contributed by atoms with Gasteiger partial charge < -0.3 is 10.0 Å². The number of hydrogen-bond donors (Lipinski definition) is 1. The number of aliphatic hydroxyl groups excluding tert-OH is 1. The quantitative estimate of drug-likeness (QED) is 0.922. The van der Waals surface area contributed by atoms with E-state index in [-0.39, 0.29) is 12.5 Å². The van der Waals surface area contributed by atoms with Crippen molar-refractivity contribution in [3.63, 3.8) is 0 Å². The van der Waals surface area contributed by atoms with Crippen molar-refractivity contribution >= 4 is 5.91 Å². The van der Waals surface area contributed by atoms with Gasteiger partial charge in [0.25, 0.3) is 5.92 Å². The molecule has 1 heterocycles. The Morgan fingerprint density at radius 2 is 1.95 bits per heavy atom. The lowest BCUT2D eigenvalue weighted by molar-refractivity contribution is -0.150. The summed E-state index contributed by atoms with van der Waals surface area (Å²) in [6.45, 7) is 2.91. The van der Waals surface area contributed by atoms with Crippen LogP contribution < -0.4 is 0 Å². The van der Waals surface area contributed by atoms with Gasteiger partial charge >= 0.3 is 0 Å². The fourth-order valence-electron chi connectivity index (χ4n) is 2.67. The monoisotopic (exact) mass is 283 g/mol. The maximum absolute atomic E-state index is 13.2. The molecule has 110 valence electrons. The summed E-state index contributed by atoms with van der Waals surface area (Å²) in [5, 5.41) is 9.63. The second-order valence-corrected chi connectivity index (χ2v) is 5.41. The van der Waals surface area contributed by atoms with E-state index in [0.717, 1.165) is 5.56 Å². The summed E-state index contributed by atoms with van der Waals surface area (Å²) in [5.41, 5.74) is 0.958. The first kappa shape index (κ1) is 14.9. The number of carbonyl (C=O) groups is 1. The van der Waals surface area contributed by atoms with Crippen molar-refractivity contribution in [2.24, 2.45) is 5.92 Å². The van der Waals surface area contributed by atoms with E-state index in [1.165, 1.54) is 0 Å². The van der Waals surface area contributed by atoms with E-state index in [1.807, 2.05) is 37.3 Å². The zero-order valence-corrected chi connectivity index (χ0v) is 11.6. The summed E-state index contributed by atoms with van der Waals surface area (Å²) >= 11 is 0. The van der Waals surface area contributed by atoms with Gasteiger partial charge in [-0.2, -0.15) is 0 Å². The number of alkyl halides is 2. The summed E-state index contributed by atoms with van der Waals surface area (Å²) in [6, 6.07) is 9.25. The number of benzene rings is 1. The fraction of sp³-hybridized carbons (Fsp3) is 0.533. The van der Waals surface area contributed by atoms with E-state index in [1.54, 1.807) is 4.90 Å². The van der Waals surface area contributed by atoms with E-state index in [9.17, 15) is 18.7 Å². The molecule has 1 amide bonds. The molecule has 1 aliphatic heterocycles. The number of aliphatic hydroxyl groups is 1. The van der Waals surface area contributed by atoms with Gasteiger partial charge in [0, 0.05) is 13.5 Å². The molecule has 5 heteroatoms. The molecule has 0 bridgehead atoms. The van der Waals surface area contributed by atoms with Crippen LogP contribution in [0.3, 0.4) is 0 Å². The molecule has 2 unspecified atom stereocenters. The normalized spacial score (nSPS) is 22.9. The predicted molar refractivity (Wildman–Crippen MR) is 71.3 cm³/mol. The first-order valence-corrected chi connectivity index (χ1v) is 6.73. The van der Waals surface area contributed by atoms with Gasteiger partial charge in [0.1, 0.15) is 6.10 Å². The first-order chi connectivity index (χ1) is 9.32. The number of hydrogen-bond acceptors (Lipinski definition) is 2. The number of halogens is 2. The number of carbonyl (C=O) groups excluding carboxylic acids is 1. The summed E-state index contributed by atoms with van der Waals surface area (Å²) in [5.74, 6) is -4.66. The van der Waals surface area contributed by atoms with Crippen molar-refractivity contribution in [1.82, 2.24) is 4.90 Å². The van der Waals surface area contributed by atoms with Crippen LogP contribution in [0.1, 0.15) is 31.9 Å². The van der Waals surface area contributed by atoms with Gasteiger partial charge in [-0.3, -0.25) is 4.79 Å². The summed E-state index contributed by atoms with van der Waals surface area (Å²) in [7, 11) is 0. The van der Waals surface area contributed by atoms with Crippen LogP contribution in [0.4, 0.5) is 8.78 Å². The molecule has 1 aromatic rings. The molecule has 0 saturated carbocycles. The molecule has 0 spiro atoms. The topological polar surface area (TPSA) is 40.5 Å². The van der Waals surface area contributed by atoms with E-state index < -0.39 is 23.9 Å². The second-order valence-electron chi connectivity index (χ2n) is 5.41. The molecule has 1 N–H and O–H groups in total. The Hall–Kier alpha value is -1.49. The highest BCUT2D eigenvalue weighted by Gasteiger charge is 2.47. The van der Waals surface area contributed by atoms with Crippen LogP contribution in [0, 0.1) is 5.92 Å². The maximum atomic E-state index is 13.2. The minimum Gasteiger partial charge on any atom is -0.386 e. The Morgan fingerprint density at radius 3 is 2.50 bits per heavy atom. The molecule has 0 aromatic heterocycles. The Balaban J connectivity index is 2.12. The van der Waals surface area contributed by atoms with Crippen LogP contribution >= 0.6 is 0 Å². The molecule has 1 fully saturated rings. The van der Waals surface area contributed by atoms with E-state index in [0.29, 0.717) is 13.5 Å². The second kappa shape index (κ2) is 5.48. The largest absolute Gasteiger partial charge is 0.386 e. The van der Waals surface area contributed by atoms with Crippen LogP contribution in [0.2, 0.25) is 0 Å². The number of nitrogens with zero attached hydrogens (tertiary/aromatic N) is 1. The maximum Gasteiger partial charge on any atom is 0.271 e. The fourth-order valence-corrected chi connectivity index (χ4v) is 2.67. The lowest BCUT2D eigenvalue weighted by Crippen LogP contribution is -2.41. The van der Waals surface area contributed by atoms with Crippen molar-refractivity contribution < 1.29 is 18.7 Å². The van der Waals surface area contributed by atoms with Crippen molar-refractivity contribution in [3.05, 3.63) is 35.9 Å². The molecule has 1 aromatic carbocycles. The zero-order valence-electron chi connectivity index (χ0n) is 11.6. The third-order valence-electron chi connectivity index (χ3n) is 3.93. The lowest BCUT2D eigenvalue weighted by Gasteiger charge is -2.27. The molecular weight excluding hydrogens is 264 g/mol. The SMILES string of the molecule is C[C@H](c1ccccc1)N1CCC(C(O)C(C)(F)F)C1=O. The Bertz CT molecular complexity index is 473. The van der Waals surface area contributed by atoms with E-state index >= 15 is 0 Å². The highest BCUT2D eigenvalue weighted by Crippen LogP contribution is 2.34. The smallest absolute Gasteiger partial charge is 0.271 e. The number of amides is 1. The van der Waals surface area contributed by atoms with Gasteiger partial charge in [-0.15, -0.1) is 0 Å². The van der Waals surface area contributed by atoms with Crippen LogP contribution in [0.5, 0.6) is 0 Å². The third-order valence-corrected chi connectivity index (χ3v) is 3.93. The minimum atomic E-state index is -3.26. The van der Waals surface area contributed by atoms with Crippen molar-refractivity contribution in [1.29, 1.82) is 0 Å². The summed E-state index contributed by atoms with van der Waals surface area (Å²) < 4.78 is 26.3. The van der Waals surface area contributed by atoms with Gasteiger partial charge in [-0.05, 0) is 18.9 Å². The lowest BCUT2D eigenvalue weighted by atomic mass is 9.96. The molecule has 0 radical (unpaired) electrons. The highest BCUT2D eigenvalue weighted by atomic mass is 19.3. The Labute approximate surface area is 117 Å². The van der Waals surface area contributed by atoms with Crippen molar-refractivity contribution in [3.8, 4) is 0 Å². The van der Waals surface area contributed by atoms with E-state index in [2.05, 4.69) is 0 Å². The summed E-state index contributed by atoms with van der Waals surface area (Å²) in [4.78, 5) is 13.8. The molecule has 1 saturated heterocycles. The molecule has 2 rings (SSSR count). The highest BCUT2D eigenvalue weighted by molar-refractivity contribution is 5.82. The molecule has 1 aliphatic rings. The first-order valence-electron chi connectivity index (χ1n) is 6.73.